The molecule has 108 valence electrons. The summed E-state index contributed by atoms with van der Waals surface area (Å²) in [6, 6.07) is 0.808. The first kappa shape index (κ1) is 16.0. The molecule has 18 heavy (non-hydrogen) atoms. The molecule has 1 aliphatic rings. The first-order chi connectivity index (χ1) is 8.79. The lowest BCUT2D eigenvalue weighted by Crippen LogP contribution is -2.30. The molecular formula is C17H35N. The number of hydrogen-bond donors (Lipinski definition) is 1. The van der Waals surface area contributed by atoms with Crippen molar-refractivity contribution in [1.29, 1.82) is 0 Å². The minimum atomic E-state index is 0.808. The maximum absolute atomic E-state index is 3.80. The summed E-state index contributed by atoms with van der Waals surface area (Å²) in [6.07, 6.45) is 17.3. The van der Waals surface area contributed by atoms with E-state index in [2.05, 4.69) is 19.2 Å². The average molecular weight is 253 g/mol. The summed E-state index contributed by atoms with van der Waals surface area (Å²) in [6.45, 7) is 5.87. The van der Waals surface area contributed by atoms with Crippen LogP contribution in [0.25, 0.3) is 0 Å². The molecule has 1 N–H and O–H groups in total. The minimum absolute atomic E-state index is 0.808. The van der Waals surface area contributed by atoms with E-state index in [1.807, 2.05) is 0 Å². The molecule has 0 bridgehead atoms. The smallest absolute Gasteiger partial charge is 0.00670 e. The average Bonchev–Trinajstić information content (AvgIpc) is 2.31. The molecule has 0 radical (unpaired) electrons. The van der Waals surface area contributed by atoms with Crippen molar-refractivity contribution in [2.24, 2.45) is 5.92 Å². The highest BCUT2D eigenvalue weighted by atomic mass is 14.9. The van der Waals surface area contributed by atoms with E-state index in [4.69, 9.17) is 0 Å². The van der Waals surface area contributed by atoms with Crippen molar-refractivity contribution in [3.05, 3.63) is 0 Å². The highest BCUT2D eigenvalue weighted by Crippen LogP contribution is 2.17. The van der Waals surface area contributed by atoms with Gasteiger partial charge in [0.15, 0.2) is 0 Å². The molecule has 0 aliphatic heterocycles. The molecule has 1 aliphatic carbocycles. The highest BCUT2D eigenvalue weighted by Gasteiger charge is 2.08. The Morgan fingerprint density at radius 2 is 1.22 bits per heavy atom. The maximum Gasteiger partial charge on any atom is 0.00670 e. The van der Waals surface area contributed by atoms with Crippen molar-refractivity contribution < 1.29 is 0 Å². The number of rotatable bonds is 4. The van der Waals surface area contributed by atoms with Gasteiger partial charge in [0.25, 0.3) is 0 Å². The van der Waals surface area contributed by atoms with Crippen LogP contribution in [-0.2, 0) is 0 Å². The summed E-state index contributed by atoms with van der Waals surface area (Å²) >= 11 is 0. The molecule has 1 fully saturated rings. The number of nitrogens with one attached hydrogen (secondary N) is 1. The van der Waals surface area contributed by atoms with Gasteiger partial charge >= 0.3 is 0 Å². The predicted molar refractivity (Wildman–Crippen MR) is 82.0 cm³/mol. The van der Waals surface area contributed by atoms with Gasteiger partial charge in [0.05, 0.1) is 0 Å². The van der Waals surface area contributed by atoms with Crippen LogP contribution in [0.15, 0.2) is 0 Å². The lowest BCUT2D eigenvalue weighted by Gasteiger charge is -2.20. The second-order valence-corrected chi connectivity index (χ2v) is 6.59. The fraction of sp³-hybridized carbons (Fsp3) is 1.00. The molecule has 0 amide bonds. The third-order valence-electron chi connectivity index (χ3n) is 4.26. The SMILES string of the molecule is CC(C)CCNC1CCCCCCCCCCC1. The summed E-state index contributed by atoms with van der Waals surface area (Å²) in [5.74, 6) is 0.837. The van der Waals surface area contributed by atoms with Crippen LogP contribution in [0.5, 0.6) is 0 Å². The Hall–Kier alpha value is -0.0400. The quantitative estimate of drug-likeness (QED) is 0.717. The molecule has 0 heterocycles. The predicted octanol–water partition coefficient (Wildman–Crippen LogP) is 5.30. The van der Waals surface area contributed by atoms with Crippen molar-refractivity contribution in [3.8, 4) is 0 Å². The maximum atomic E-state index is 3.80. The molecule has 1 rings (SSSR count). The third kappa shape index (κ3) is 8.97. The van der Waals surface area contributed by atoms with Crippen molar-refractivity contribution in [2.45, 2.75) is 96.9 Å². The van der Waals surface area contributed by atoms with Gasteiger partial charge in [-0.1, -0.05) is 71.6 Å². The number of hydrogen-bond acceptors (Lipinski definition) is 1. The largest absolute Gasteiger partial charge is 0.314 e. The molecule has 0 atom stereocenters. The van der Waals surface area contributed by atoms with Crippen molar-refractivity contribution >= 4 is 0 Å². The van der Waals surface area contributed by atoms with E-state index in [0.717, 1.165) is 12.0 Å². The van der Waals surface area contributed by atoms with Crippen LogP contribution in [0.1, 0.15) is 90.9 Å². The molecule has 0 spiro atoms. The molecule has 1 nitrogen and oxygen atoms in total. The van der Waals surface area contributed by atoms with Crippen LogP contribution in [0.4, 0.5) is 0 Å². The van der Waals surface area contributed by atoms with Crippen molar-refractivity contribution in [1.82, 2.24) is 5.32 Å². The van der Waals surface area contributed by atoms with Crippen molar-refractivity contribution in [3.63, 3.8) is 0 Å². The zero-order valence-electron chi connectivity index (χ0n) is 12.8. The summed E-state index contributed by atoms with van der Waals surface area (Å²) < 4.78 is 0. The first-order valence-corrected chi connectivity index (χ1v) is 8.52. The van der Waals surface area contributed by atoms with Crippen molar-refractivity contribution in [2.75, 3.05) is 6.54 Å². The van der Waals surface area contributed by atoms with Crippen LogP contribution < -0.4 is 5.32 Å². The lowest BCUT2D eigenvalue weighted by molar-refractivity contribution is 0.391. The van der Waals surface area contributed by atoms with Crippen LogP contribution in [0, 0.1) is 5.92 Å². The second kappa shape index (κ2) is 10.8. The first-order valence-electron chi connectivity index (χ1n) is 8.52. The summed E-state index contributed by atoms with van der Waals surface area (Å²) in [5, 5.41) is 3.80. The molecule has 0 aromatic rings. The monoisotopic (exact) mass is 253 g/mol. The molecule has 0 saturated heterocycles. The standard InChI is InChI=1S/C17H35N/c1-16(2)14-15-18-17-12-10-8-6-4-3-5-7-9-11-13-17/h16-18H,3-15H2,1-2H3. The van der Waals surface area contributed by atoms with Gasteiger partial charge in [0.1, 0.15) is 0 Å². The fourth-order valence-corrected chi connectivity index (χ4v) is 2.94. The Kier molecular flexibility index (Phi) is 9.65. The van der Waals surface area contributed by atoms with Crippen LogP contribution >= 0.6 is 0 Å². The Bertz CT molecular complexity index is 164. The molecule has 1 saturated carbocycles. The van der Waals surface area contributed by atoms with Crippen LogP contribution in [0.2, 0.25) is 0 Å². The van der Waals surface area contributed by atoms with Gasteiger partial charge in [-0.3, -0.25) is 0 Å². The topological polar surface area (TPSA) is 12.0 Å². The van der Waals surface area contributed by atoms with Gasteiger partial charge in [0.2, 0.25) is 0 Å². The van der Waals surface area contributed by atoms with E-state index in [1.54, 1.807) is 0 Å². The van der Waals surface area contributed by atoms with E-state index >= 15 is 0 Å². The van der Waals surface area contributed by atoms with Crippen LogP contribution in [0.3, 0.4) is 0 Å². The summed E-state index contributed by atoms with van der Waals surface area (Å²) in [7, 11) is 0. The molecule has 0 aromatic heterocycles. The Morgan fingerprint density at radius 1 is 0.778 bits per heavy atom. The van der Waals surface area contributed by atoms with Gasteiger partial charge in [-0.05, 0) is 31.7 Å². The lowest BCUT2D eigenvalue weighted by atomic mass is 9.97. The highest BCUT2D eigenvalue weighted by molar-refractivity contribution is 4.68. The second-order valence-electron chi connectivity index (χ2n) is 6.59. The Balaban J connectivity index is 2.18. The van der Waals surface area contributed by atoms with Gasteiger partial charge < -0.3 is 5.32 Å². The molecule has 1 heteroatoms. The Labute approximate surface area is 115 Å². The van der Waals surface area contributed by atoms with Gasteiger partial charge in [0, 0.05) is 6.04 Å². The minimum Gasteiger partial charge on any atom is -0.314 e. The molecular weight excluding hydrogens is 218 g/mol. The molecule has 0 aromatic carbocycles. The van der Waals surface area contributed by atoms with E-state index in [-0.39, 0.29) is 0 Å². The normalized spacial score (nSPS) is 21.5. The Morgan fingerprint density at radius 3 is 1.67 bits per heavy atom. The zero-order valence-corrected chi connectivity index (χ0v) is 12.8. The van der Waals surface area contributed by atoms with E-state index in [9.17, 15) is 0 Å². The van der Waals surface area contributed by atoms with E-state index in [1.165, 1.54) is 83.6 Å². The summed E-state index contributed by atoms with van der Waals surface area (Å²) in [5.41, 5.74) is 0. The van der Waals surface area contributed by atoms with E-state index < -0.39 is 0 Å². The van der Waals surface area contributed by atoms with E-state index in [0.29, 0.717) is 0 Å². The third-order valence-corrected chi connectivity index (χ3v) is 4.26. The van der Waals surface area contributed by atoms with Crippen LogP contribution in [-0.4, -0.2) is 12.6 Å². The van der Waals surface area contributed by atoms with Gasteiger partial charge in [-0.15, -0.1) is 0 Å². The fourth-order valence-electron chi connectivity index (χ4n) is 2.94. The van der Waals surface area contributed by atoms with Gasteiger partial charge in [-0.2, -0.15) is 0 Å². The zero-order chi connectivity index (χ0) is 13.1. The van der Waals surface area contributed by atoms with Gasteiger partial charge in [-0.25, -0.2) is 0 Å². The molecule has 0 unspecified atom stereocenters. The summed E-state index contributed by atoms with van der Waals surface area (Å²) in [4.78, 5) is 0.